The minimum atomic E-state index is -0.342. The molecule has 2 heterocycles. The van der Waals surface area contributed by atoms with Crippen molar-refractivity contribution >= 4 is 5.91 Å². The fraction of sp³-hybridized carbons (Fsp3) is 0.636. The van der Waals surface area contributed by atoms with Crippen LogP contribution in [-0.2, 0) is 4.74 Å². The molecular formula is C11H16N2O4. The van der Waals surface area contributed by atoms with E-state index in [9.17, 15) is 4.79 Å². The first-order valence-corrected chi connectivity index (χ1v) is 5.69. The van der Waals surface area contributed by atoms with Gasteiger partial charge in [-0.3, -0.25) is 4.79 Å². The van der Waals surface area contributed by atoms with Gasteiger partial charge in [0.1, 0.15) is 6.10 Å². The van der Waals surface area contributed by atoms with E-state index in [0.29, 0.717) is 12.4 Å². The van der Waals surface area contributed by atoms with E-state index in [4.69, 9.17) is 14.3 Å². The van der Waals surface area contributed by atoms with E-state index in [1.54, 1.807) is 6.92 Å². The number of aliphatic hydroxyl groups is 1. The summed E-state index contributed by atoms with van der Waals surface area (Å²) in [6.45, 7) is 2.28. The average Bonchev–Trinajstić information content (AvgIpc) is 2.98. The van der Waals surface area contributed by atoms with E-state index in [0.717, 1.165) is 12.8 Å². The standard InChI is InChI=1S/C11H16N2O4/c1-7(5-14)13-11(15)9-10(17-6-12-9)8-3-2-4-16-8/h6-8,14H,2-5H2,1H3,(H,13,15). The molecule has 6 nitrogen and oxygen atoms in total. The Morgan fingerprint density at radius 2 is 2.59 bits per heavy atom. The highest BCUT2D eigenvalue weighted by molar-refractivity contribution is 5.93. The van der Waals surface area contributed by atoms with Crippen molar-refractivity contribution in [3.63, 3.8) is 0 Å². The normalized spacial score (nSPS) is 21.4. The minimum absolute atomic E-state index is 0.112. The lowest BCUT2D eigenvalue weighted by Crippen LogP contribution is -2.35. The van der Waals surface area contributed by atoms with Crippen molar-refractivity contribution in [2.45, 2.75) is 31.9 Å². The van der Waals surface area contributed by atoms with Crippen LogP contribution in [-0.4, -0.2) is 35.3 Å². The molecule has 6 heteroatoms. The van der Waals surface area contributed by atoms with Gasteiger partial charge >= 0.3 is 0 Å². The van der Waals surface area contributed by atoms with Gasteiger partial charge in [-0.1, -0.05) is 0 Å². The molecule has 1 aromatic heterocycles. The molecule has 2 rings (SSSR count). The summed E-state index contributed by atoms with van der Waals surface area (Å²) >= 11 is 0. The Balaban J connectivity index is 2.10. The van der Waals surface area contributed by atoms with Crippen molar-refractivity contribution < 1.29 is 19.1 Å². The number of nitrogens with one attached hydrogen (secondary N) is 1. The van der Waals surface area contributed by atoms with Gasteiger partial charge in [0.15, 0.2) is 17.8 Å². The minimum Gasteiger partial charge on any atom is -0.445 e. The first-order valence-electron chi connectivity index (χ1n) is 5.69. The number of aliphatic hydroxyl groups excluding tert-OH is 1. The molecule has 17 heavy (non-hydrogen) atoms. The quantitative estimate of drug-likeness (QED) is 0.806. The number of aromatic nitrogens is 1. The third-order valence-corrected chi connectivity index (χ3v) is 2.68. The van der Waals surface area contributed by atoms with Crippen LogP contribution >= 0.6 is 0 Å². The number of carbonyl (C=O) groups excluding carboxylic acids is 1. The predicted molar refractivity (Wildman–Crippen MR) is 58.4 cm³/mol. The Labute approximate surface area is 99.0 Å². The Morgan fingerprint density at radius 3 is 3.24 bits per heavy atom. The smallest absolute Gasteiger partial charge is 0.273 e. The Morgan fingerprint density at radius 1 is 1.76 bits per heavy atom. The first-order chi connectivity index (χ1) is 8.22. The van der Waals surface area contributed by atoms with Crippen molar-refractivity contribution in [1.82, 2.24) is 10.3 Å². The lowest BCUT2D eigenvalue weighted by atomic mass is 10.1. The van der Waals surface area contributed by atoms with Crippen molar-refractivity contribution in [3.05, 3.63) is 17.8 Å². The fourth-order valence-electron chi connectivity index (χ4n) is 1.78. The molecule has 1 saturated heterocycles. The summed E-state index contributed by atoms with van der Waals surface area (Å²) in [5.41, 5.74) is 0.247. The summed E-state index contributed by atoms with van der Waals surface area (Å²) in [4.78, 5) is 15.8. The number of amides is 1. The van der Waals surface area contributed by atoms with Gasteiger partial charge < -0.3 is 19.6 Å². The molecule has 1 aliphatic rings. The third kappa shape index (κ3) is 2.65. The second kappa shape index (κ2) is 5.29. The van der Waals surface area contributed by atoms with Crippen LogP contribution in [0.25, 0.3) is 0 Å². The molecule has 0 bridgehead atoms. The van der Waals surface area contributed by atoms with E-state index in [2.05, 4.69) is 10.3 Å². The molecule has 1 aromatic rings. The molecule has 2 atom stereocenters. The zero-order valence-electron chi connectivity index (χ0n) is 9.68. The second-order valence-corrected chi connectivity index (χ2v) is 4.12. The number of carbonyl (C=O) groups is 1. The highest BCUT2D eigenvalue weighted by Crippen LogP contribution is 2.30. The Hall–Kier alpha value is -1.40. The second-order valence-electron chi connectivity index (χ2n) is 4.12. The highest BCUT2D eigenvalue weighted by Gasteiger charge is 2.28. The molecule has 1 fully saturated rings. The van der Waals surface area contributed by atoms with E-state index < -0.39 is 0 Å². The molecule has 2 unspecified atom stereocenters. The van der Waals surface area contributed by atoms with Gasteiger partial charge in [0.2, 0.25) is 0 Å². The maximum absolute atomic E-state index is 11.9. The molecular weight excluding hydrogens is 224 g/mol. The summed E-state index contributed by atoms with van der Waals surface area (Å²) in [7, 11) is 0. The Bertz CT molecular complexity index is 385. The lowest BCUT2D eigenvalue weighted by Gasteiger charge is -2.11. The van der Waals surface area contributed by atoms with Crippen LogP contribution in [0.2, 0.25) is 0 Å². The summed E-state index contributed by atoms with van der Waals surface area (Å²) in [6, 6.07) is -0.309. The summed E-state index contributed by atoms with van der Waals surface area (Å²) in [5.74, 6) is 0.135. The maximum atomic E-state index is 11.9. The topological polar surface area (TPSA) is 84.6 Å². The van der Waals surface area contributed by atoms with E-state index in [1.807, 2.05) is 0 Å². The van der Waals surface area contributed by atoms with Crippen LogP contribution in [0.15, 0.2) is 10.8 Å². The van der Waals surface area contributed by atoms with E-state index >= 15 is 0 Å². The molecule has 0 spiro atoms. The van der Waals surface area contributed by atoms with Crippen LogP contribution in [0, 0.1) is 0 Å². The third-order valence-electron chi connectivity index (χ3n) is 2.68. The molecule has 2 N–H and O–H groups in total. The number of rotatable bonds is 4. The number of hydrogen-bond donors (Lipinski definition) is 2. The van der Waals surface area contributed by atoms with Crippen LogP contribution in [0.4, 0.5) is 0 Å². The fourth-order valence-corrected chi connectivity index (χ4v) is 1.78. The molecule has 1 amide bonds. The average molecular weight is 240 g/mol. The number of hydrogen-bond acceptors (Lipinski definition) is 5. The predicted octanol–water partition coefficient (Wildman–Crippen LogP) is 0.637. The number of ether oxygens (including phenoxy) is 1. The van der Waals surface area contributed by atoms with E-state index in [-0.39, 0.29) is 30.4 Å². The number of oxazole rings is 1. The molecule has 1 aliphatic heterocycles. The van der Waals surface area contributed by atoms with Gasteiger partial charge in [-0.15, -0.1) is 0 Å². The molecule has 0 saturated carbocycles. The van der Waals surface area contributed by atoms with Gasteiger partial charge in [0.05, 0.1) is 6.61 Å². The van der Waals surface area contributed by atoms with E-state index in [1.165, 1.54) is 6.39 Å². The molecule has 0 radical (unpaired) electrons. The zero-order chi connectivity index (χ0) is 12.3. The Kier molecular flexibility index (Phi) is 3.75. The van der Waals surface area contributed by atoms with Crippen LogP contribution < -0.4 is 5.32 Å². The zero-order valence-corrected chi connectivity index (χ0v) is 9.68. The molecule has 94 valence electrons. The monoisotopic (exact) mass is 240 g/mol. The summed E-state index contributed by atoms with van der Waals surface area (Å²) in [5, 5.41) is 11.5. The van der Waals surface area contributed by atoms with Crippen molar-refractivity contribution in [1.29, 1.82) is 0 Å². The lowest BCUT2D eigenvalue weighted by molar-refractivity contribution is 0.0845. The van der Waals surface area contributed by atoms with Gasteiger partial charge in [0, 0.05) is 12.6 Å². The SMILES string of the molecule is CC(CO)NC(=O)c1ncoc1C1CCCO1. The largest absolute Gasteiger partial charge is 0.445 e. The highest BCUT2D eigenvalue weighted by atomic mass is 16.5. The summed E-state index contributed by atoms with van der Waals surface area (Å²) in [6.07, 6.45) is 2.86. The van der Waals surface area contributed by atoms with Gasteiger partial charge in [0.25, 0.3) is 5.91 Å². The van der Waals surface area contributed by atoms with Gasteiger partial charge in [-0.2, -0.15) is 0 Å². The first kappa shape index (κ1) is 12.1. The van der Waals surface area contributed by atoms with Crippen LogP contribution in [0.1, 0.15) is 42.1 Å². The van der Waals surface area contributed by atoms with Crippen molar-refractivity contribution in [2.75, 3.05) is 13.2 Å². The van der Waals surface area contributed by atoms with Crippen LogP contribution in [0.5, 0.6) is 0 Å². The van der Waals surface area contributed by atoms with Gasteiger partial charge in [-0.25, -0.2) is 4.98 Å². The van der Waals surface area contributed by atoms with Crippen molar-refractivity contribution in [2.24, 2.45) is 0 Å². The summed E-state index contributed by atoms with van der Waals surface area (Å²) < 4.78 is 10.7. The number of nitrogens with zero attached hydrogens (tertiary/aromatic N) is 1. The van der Waals surface area contributed by atoms with Gasteiger partial charge in [-0.05, 0) is 19.8 Å². The van der Waals surface area contributed by atoms with Crippen LogP contribution in [0.3, 0.4) is 0 Å². The van der Waals surface area contributed by atoms with Crippen molar-refractivity contribution in [3.8, 4) is 0 Å². The molecule has 0 aromatic carbocycles. The maximum Gasteiger partial charge on any atom is 0.273 e. The molecule has 0 aliphatic carbocycles.